The summed E-state index contributed by atoms with van der Waals surface area (Å²) in [4.78, 5) is 27.5. The van der Waals surface area contributed by atoms with Crippen molar-refractivity contribution in [3.05, 3.63) is 95.6 Å². The van der Waals surface area contributed by atoms with E-state index < -0.39 is 6.04 Å². The third-order valence-corrected chi connectivity index (χ3v) is 5.37. The molecule has 0 saturated carbocycles. The fraction of sp³-hybridized carbons (Fsp3) is 0.231. The number of benzene rings is 3. The lowest BCUT2D eigenvalue weighted by Gasteiger charge is -2.24. The van der Waals surface area contributed by atoms with Crippen LogP contribution in [0.25, 0.3) is 0 Å². The van der Waals surface area contributed by atoms with Crippen LogP contribution in [0.3, 0.4) is 0 Å². The molecule has 0 bridgehead atoms. The first kappa shape index (κ1) is 21.4. The van der Waals surface area contributed by atoms with Crippen LogP contribution in [0.4, 0.5) is 0 Å². The molecule has 6 nitrogen and oxygen atoms in total. The second kappa shape index (κ2) is 10.0. The number of carbonyl (C=O) groups excluding carboxylic acids is 2. The van der Waals surface area contributed by atoms with Crippen molar-refractivity contribution in [2.24, 2.45) is 0 Å². The van der Waals surface area contributed by atoms with Crippen molar-refractivity contribution in [1.82, 2.24) is 10.2 Å². The average molecular weight is 431 g/mol. The summed E-state index contributed by atoms with van der Waals surface area (Å²) < 4.78 is 11.2. The molecule has 1 heterocycles. The first-order valence-corrected chi connectivity index (χ1v) is 10.6. The molecule has 4 rings (SSSR count). The first-order chi connectivity index (χ1) is 15.6. The Labute approximate surface area is 187 Å². The maximum absolute atomic E-state index is 13.1. The maximum Gasteiger partial charge on any atom is 0.251 e. The smallest absolute Gasteiger partial charge is 0.251 e. The van der Waals surface area contributed by atoms with Gasteiger partial charge in [-0.2, -0.15) is 0 Å². The molecule has 164 valence electrons. The summed E-state index contributed by atoms with van der Waals surface area (Å²) in [6, 6.07) is 23.9. The number of amides is 2. The molecule has 3 aromatic carbocycles. The van der Waals surface area contributed by atoms with Gasteiger partial charge in [0.15, 0.2) is 11.5 Å². The summed E-state index contributed by atoms with van der Waals surface area (Å²) in [7, 11) is 1.76. The van der Waals surface area contributed by atoms with E-state index in [2.05, 4.69) is 5.32 Å². The molecular formula is C26H26N2O4. The molecule has 0 radical (unpaired) electrons. The highest BCUT2D eigenvalue weighted by Gasteiger charge is 2.22. The minimum atomic E-state index is -0.431. The average Bonchev–Trinajstić information content (AvgIpc) is 2.84. The number of nitrogens with one attached hydrogen (secondary N) is 1. The van der Waals surface area contributed by atoms with Gasteiger partial charge in [0, 0.05) is 19.2 Å². The zero-order valence-corrected chi connectivity index (χ0v) is 18.0. The highest BCUT2D eigenvalue weighted by molar-refractivity contribution is 5.94. The second-order valence-corrected chi connectivity index (χ2v) is 7.73. The summed E-state index contributed by atoms with van der Waals surface area (Å²) in [6.45, 7) is 1.50. The van der Waals surface area contributed by atoms with Crippen molar-refractivity contribution in [2.75, 3.05) is 20.3 Å². The molecule has 0 saturated heterocycles. The van der Waals surface area contributed by atoms with Gasteiger partial charge in [0.1, 0.15) is 13.2 Å². The second-order valence-electron chi connectivity index (χ2n) is 7.73. The SMILES string of the molecule is CN(Cc1ccc2c(c1)OCCO2)C(=O)CC(NC(=O)c1ccccc1)c1ccccc1. The van der Waals surface area contributed by atoms with Gasteiger partial charge in [-0.25, -0.2) is 0 Å². The molecule has 6 heteroatoms. The predicted molar refractivity (Wildman–Crippen MR) is 122 cm³/mol. The Balaban J connectivity index is 1.45. The molecule has 1 atom stereocenters. The Morgan fingerprint density at radius 1 is 0.906 bits per heavy atom. The quantitative estimate of drug-likeness (QED) is 0.616. The molecule has 1 unspecified atom stereocenters. The molecule has 1 aliphatic heterocycles. The van der Waals surface area contributed by atoms with Gasteiger partial charge in [-0.05, 0) is 35.4 Å². The Hall–Kier alpha value is -3.80. The Morgan fingerprint density at radius 3 is 2.28 bits per heavy atom. The summed E-state index contributed by atoms with van der Waals surface area (Å²) in [5, 5.41) is 3.02. The largest absolute Gasteiger partial charge is 0.486 e. The number of nitrogens with zero attached hydrogens (tertiary/aromatic N) is 1. The van der Waals surface area contributed by atoms with Crippen LogP contribution in [0.15, 0.2) is 78.9 Å². The summed E-state index contributed by atoms with van der Waals surface area (Å²) >= 11 is 0. The zero-order chi connectivity index (χ0) is 22.3. The van der Waals surface area contributed by atoms with Crippen LogP contribution in [0.5, 0.6) is 11.5 Å². The molecule has 2 amide bonds. The highest BCUT2D eigenvalue weighted by atomic mass is 16.6. The third kappa shape index (κ3) is 5.27. The third-order valence-electron chi connectivity index (χ3n) is 5.37. The van der Waals surface area contributed by atoms with Gasteiger partial charge in [0.25, 0.3) is 5.91 Å². The lowest BCUT2D eigenvalue weighted by Crippen LogP contribution is -2.34. The van der Waals surface area contributed by atoms with E-state index in [-0.39, 0.29) is 18.2 Å². The Kier molecular flexibility index (Phi) is 6.70. The maximum atomic E-state index is 13.1. The van der Waals surface area contributed by atoms with E-state index in [1.54, 1.807) is 24.1 Å². The number of fused-ring (bicyclic) bond motifs is 1. The molecule has 0 aromatic heterocycles. The first-order valence-electron chi connectivity index (χ1n) is 10.6. The van der Waals surface area contributed by atoms with E-state index in [1.165, 1.54) is 0 Å². The van der Waals surface area contributed by atoms with E-state index in [9.17, 15) is 9.59 Å². The van der Waals surface area contributed by atoms with Gasteiger partial charge in [-0.15, -0.1) is 0 Å². The molecule has 0 fully saturated rings. The van der Waals surface area contributed by atoms with E-state index in [0.29, 0.717) is 31.1 Å². The molecule has 3 aromatic rings. The monoisotopic (exact) mass is 430 g/mol. The van der Waals surface area contributed by atoms with Crippen molar-refractivity contribution in [1.29, 1.82) is 0 Å². The molecular weight excluding hydrogens is 404 g/mol. The van der Waals surface area contributed by atoms with E-state index >= 15 is 0 Å². The van der Waals surface area contributed by atoms with Crippen LogP contribution < -0.4 is 14.8 Å². The summed E-state index contributed by atoms with van der Waals surface area (Å²) in [5.74, 6) is 1.15. The van der Waals surface area contributed by atoms with Crippen LogP contribution in [-0.4, -0.2) is 37.0 Å². The minimum Gasteiger partial charge on any atom is -0.486 e. The lowest BCUT2D eigenvalue weighted by atomic mass is 10.0. The molecule has 1 aliphatic rings. The van der Waals surface area contributed by atoms with Crippen molar-refractivity contribution >= 4 is 11.8 Å². The van der Waals surface area contributed by atoms with Crippen molar-refractivity contribution in [3.8, 4) is 11.5 Å². The molecule has 0 spiro atoms. The standard InChI is InChI=1S/C26H26N2O4/c1-28(18-19-12-13-23-24(16-19)32-15-14-31-23)25(29)17-22(20-8-4-2-5-9-20)27-26(30)21-10-6-3-7-11-21/h2-13,16,22H,14-15,17-18H2,1H3,(H,27,30). The number of hydrogen-bond acceptors (Lipinski definition) is 4. The molecule has 1 N–H and O–H groups in total. The Bertz CT molecular complexity index is 1070. The fourth-order valence-corrected chi connectivity index (χ4v) is 3.65. The topological polar surface area (TPSA) is 67.9 Å². The normalized spacial score (nSPS) is 13.2. The lowest BCUT2D eigenvalue weighted by molar-refractivity contribution is -0.130. The highest BCUT2D eigenvalue weighted by Crippen LogP contribution is 2.31. The van der Waals surface area contributed by atoms with E-state index in [1.807, 2.05) is 66.7 Å². The van der Waals surface area contributed by atoms with Crippen LogP contribution in [0, 0.1) is 0 Å². The van der Waals surface area contributed by atoms with Gasteiger partial charge in [0.05, 0.1) is 12.5 Å². The van der Waals surface area contributed by atoms with Crippen LogP contribution in [-0.2, 0) is 11.3 Å². The van der Waals surface area contributed by atoms with Crippen LogP contribution in [0.2, 0.25) is 0 Å². The van der Waals surface area contributed by atoms with Crippen molar-refractivity contribution in [3.63, 3.8) is 0 Å². The van der Waals surface area contributed by atoms with Gasteiger partial charge < -0.3 is 19.7 Å². The van der Waals surface area contributed by atoms with Crippen molar-refractivity contribution < 1.29 is 19.1 Å². The van der Waals surface area contributed by atoms with Crippen molar-refractivity contribution in [2.45, 2.75) is 19.0 Å². The van der Waals surface area contributed by atoms with Crippen LogP contribution >= 0.6 is 0 Å². The van der Waals surface area contributed by atoms with Gasteiger partial charge >= 0.3 is 0 Å². The molecule has 0 aliphatic carbocycles. The fourth-order valence-electron chi connectivity index (χ4n) is 3.65. The summed E-state index contributed by atoms with van der Waals surface area (Å²) in [6.07, 6.45) is 0.156. The summed E-state index contributed by atoms with van der Waals surface area (Å²) in [5.41, 5.74) is 2.40. The van der Waals surface area contributed by atoms with Gasteiger partial charge in [0.2, 0.25) is 5.91 Å². The van der Waals surface area contributed by atoms with Gasteiger partial charge in [-0.1, -0.05) is 54.6 Å². The number of ether oxygens (including phenoxy) is 2. The predicted octanol–water partition coefficient (Wildman–Crippen LogP) is 3.98. The number of carbonyl (C=O) groups is 2. The van der Waals surface area contributed by atoms with Gasteiger partial charge in [-0.3, -0.25) is 9.59 Å². The van der Waals surface area contributed by atoms with E-state index in [0.717, 1.165) is 16.9 Å². The van der Waals surface area contributed by atoms with Crippen LogP contribution in [0.1, 0.15) is 33.9 Å². The zero-order valence-electron chi connectivity index (χ0n) is 18.0. The number of rotatable bonds is 7. The number of hydrogen-bond donors (Lipinski definition) is 1. The van der Waals surface area contributed by atoms with E-state index in [4.69, 9.17) is 9.47 Å². The minimum absolute atomic E-state index is 0.0675. The Morgan fingerprint density at radius 2 is 1.56 bits per heavy atom. The molecule has 32 heavy (non-hydrogen) atoms.